The normalized spacial score (nSPS) is 52.4. The van der Waals surface area contributed by atoms with Crippen molar-refractivity contribution in [3.8, 4) is 0 Å². The summed E-state index contributed by atoms with van der Waals surface area (Å²) in [6, 6.07) is 0. The summed E-state index contributed by atoms with van der Waals surface area (Å²) in [4.78, 5) is 13.7. The molecule has 9 atom stereocenters. The van der Waals surface area contributed by atoms with Gasteiger partial charge in [-0.3, -0.25) is 4.79 Å². The Morgan fingerprint density at radius 1 is 1.04 bits per heavy atom. The van der Waals surface area contributed by atoms with Crippen molar-refractivity contribution in [2.45, 2.75) is 112 Å². The van der Waals surface area contributed by atoms with E-state index in [0.29, 0.717) is 34.4 Å². The van der Waals surface area contributed by atoms with Crippen LogP contribution in [0.3, 0.4) is 0 Å². The third-order valence-electron chi connectivity index (χ3n) is 11.1. The van der Waals surface area contributed by atoms with Gasteiger partial charge >= 0.3 is 0 Å². The number of carbonyl (C=O) groups is 1. The lowest BCUT2D eigenvalue weighted by molar-refractivity contribution is -0.188. The van der Waals surface area contributed by atoms with Crippen LogP contribution in [0.25, 0.3) is 0 Å². The molecule has 0 saturated heterocycles. The minimum atomic E-state index is 0.250. The molecule has 4 aliphatic carbocycles. The van der Waals surface area contributed by atoms with Crippen LogP contribution in [0.1, 0.15) is 112 Å². The van der Waals surface area contributed by atoms with E-state index in [1.807, 2.05) is 0 Å². The van der Waals surface area contributed by atoms with Crippen molar-refractivity contribution in [2.24, 2.45) is 51.8 Å². The van der Waals surface area contributed by atoms with Gasteiger partial charge in [0.05, 0.1) is 0 Å². The molecule has 0 aliphatic heterocycles. The summed E-state index contributed by atoms with van der Waals surface area (Å²) in [5.41, 5.74) is 1.05. The van der Waals surface area contributed by atoms with Crippen LogP contribution in [0.4, 0.5) is 0 Å². The maximum Gasteiger partial charge on any atom is 0.137 e. The summed E-state index contributed by atoms with van der Waals surface area (Å²) in [7, 11) is 0. The maximum absolute atomic E-state index is 13.7. The van der Waals surface area contributed by atoms with Crippen LogP contribution < -0.4 is 0 Å². The third-order valence-corrected chi connectivity index (χ3v) is 11.1. The zero-order valence-electron chi connectivity index (χ0n) is 19.7. The first-order chi connectivity index (χ1) is 13.2. The predicted molar refractivity (Wildman–Crippen MR) is 118 cm³/mol. The Balaban J connectivity index is 1.67. The highest BCUT2D eigenvalue weighted by atomic mass is 16.1. The SMILES string of the molecule is CCCC(C)C1CCCC2C3C(=O)CC4(C)C[C@@H](C)CCC4(C)C3CCC12C. The Morgan fingerprint density at radius 3 is 2.50 bits per heavy atom. The van der Waals surface area contributed by atoms with Gasteiger partial charge in [0.1, 0.15) is 5.78 Å². The number of Topliss-reactive ketones (excluding diaryl/α,β-unsaturated/α-hetero) is 1. The largest absolute Gasteiger partial charge is 0.299 e. The second-order valence-electron chi connectivity index (χ2n) is 12.6. The minimum Gasteiger partial charge on any atom is -0.299 e. The highest BCUT2D eigenvalue weighted by Gasteiger charge is 2.65. The first kappa shape index (κ1) is 20.9. The molecule has 0 aromatic heterocycles. The number of hydrogen-bond acceptors (Lipinski definition) is 1. The van der Waals surface area contributed by atoms with Crippen molar-refractivity contribution >= 4 is 5.78 Å². The Morgan fingerprint density at radius 2 is 1.79 bits per heavy atom. The summed E-state index contributed by atoms with van der Waals surface area (Å²) >= 11 is 0. The maximum atomic E-state index is 13.7. The average molecular weight is 387 g/mol. The van der Waals surface area contributed by atoms with Crippen LogP contribution in [0, 0.1) is 51.8 Å². The number of rotatable bonds is 3. The molecule has 0 amide bonds. The van der Waals surface area contributed by atoms with Crippen molar-refractivity contribution in [1.82, 2.24) is 0 Å². The summed E-state index contributed by atoms with van der Waals surface area (Å²) in [5, 5.41) is 0. The Labute approximate surface area is 174 Å². The van der Waals surface area contributed by atoms with Crippen molar-refractivity contribution in [1.29, 1.82) is 0 Å². The lowest BCUT2D eigenvalue weighted by atomic mass is 9.37. The van der Waals surface area contributed by atoms with Crippen molar-refractivity contribution in [3.63, 3.8) is 0 Å². The standard InChI is InChI=1S/C27H46O/c1-7-9-19(3)20-10-8-11-21-24-22(13-14-26(20,21)5)27(6)15-12-18(2)16-25(27,4)17-23(24)28/h18-22,24H,7-17H2,1-6H3/t18-,19?,20?,21?,22?,24?,25?,26?,27?/m0/s1. The van der Waals surface area contributed by atoms with Crippen LogP contribution in [-0.4, -0.2) is 5.78 Å². The quantitative estimate of drug-likeness (QED) is 0.486. The van der Waals surface area contributed by atoms with Gasteiger partial charge in [0.25, 0.3) is 0 Å². The Bertz CT molecular complexity index is 609. The van der Waals surface area contributed by atoms with Gasteiger partial charge in [-0.05, 0) is 84.4 Å². The van der Waals surface area contributed by atoms with E-state index in [1.165, 1.54) is 64.2 Å². The molecule has 28 heavy (non-hydrogen) atoms. The van der Waals surface area contributed by atoms with Gasteiger partial charge in [0.15, 0.2) is 0 Å². The van der Waals surface area contributed by atoms with Gasteiger partial charge in [-0.25, -0.2) is 0 Å². The molecule has 8 unspecified atom stereocenters. The molecule has 0 heterocycles. The fourth-order valence-electron chi connectivity index (χ4n) is 9.50. The van der Waals surface area contributed by atoms with E-state index in [1.54, 1.807) is 0 Å². The summed E-state index contributed by atoms with van der Waals surface area (Å²) in [6.07, 6.45) is 14.3. The van der Waals surface area contributed by atoms with E-state index in [0.717, 1.165) is 24.2 Å². The van der Waals surface area contributed by atoms with Gasteiger partial charge in [-0.15, -0.1) is 0 Å². The van der Waals surface area contributed by atoms with Crippen molar-refractivity contribution in [3.05, 3.63) is 0 Å². The van der Waals surface area contributed by atoms with Gasteiger partial charge in [-0.1, -0.05) is 67.2 Å². The van der Waals surface area contributed by atoms with Crippen LogP contribution in [0.2, 0.25) is 0 Å². The second-order valence-corrected chi connectivity index (χ2v) is 12.6. The predicted octanol–water partition coefficient (Wildman–Crippen LogP) is 7.68. The van der Waals surface area contributed by atoms with Crippen LogP contribution >= 0.6 is 0 Å². The third kappa shape index (κ3) is 2.88. The Kier molecular flexibility index (Phi) is 5.32. The molecular formula is C27H46O. The summed E-state index contributed by atoms with van der Waals surface area (Å²) < 4.78 is 0. The number of fused-ring (bicyclic) bond motifs is 5. The average Bonchev–Trinajstić information content (AvgIpc) is 2.62. The molecule has 4 saturated carbocycles. The minimum absolute atomic E-state index is 0.250. The van der Waals surface area contributed by atoms with Crippen molar-refractivity contribution in [2.75, 3.05) is 0 Å². The molecule has 4 aliphatic rings. The van der Waals surface area contributed by atoms with E-state index in [9.17, 15) is 4.79 Å². The van der Waals surface area contributed by atoms with E-state index in [4.69, 9.17) is 0 Å². The van der Waals surface area contributed by atoms with Gasteiger partial charge in [0, 0.05) is 12.3 Å². The monoisotopic (exact) mass is 386 g/mol. The molecule has 0 bridgehead atoms. The smallest absolute Gasteiger partial charge is 0.137 e. The lowest BCUT2D eigenvalue weighted by Crippen LogP contribution is -2.62. The molecule has 160 valence electrons. The highest BCUT2D eigenvalue weighted by molar-refractivity contribution is 5.84. The second kappa shape index (κ2) is 7.12. The molecule has 1 nitrogen and oxygen atoms in total. The van der Waals surface area contributed by atoms with Crippen LogP contribution in [-0.2, 0) is 4.79 Å². The van der Waals surface area contributed by atoms with Crippen LogP contribution in [0.15, 0.2) is 0 Å². The zero-order chi connectivity index (χ0) is 20.3. The topological polar surface area (TPSA) is 17.1 Å². The van der Waals surface area contributed by atoms with Crippen molar-refractivity contribution < 1.29 is 4.79 Å². The first-order valence-electron chi connectivity index (χ1n) is 12.7. The van der Waals surface area contributed by atoms with Crippen LogP contribution in [0.5, 0.6) is 0 Å². The highest BCUT2D eigenvalue weighted by Crippen LogP contribution is 2.70. The van der Waals surface area contributed by atoms with E-state index in [-0.39, 0.29) is 5.41 Å². The van der Waals surface area contributed by atoms with E-state index >= 15 is 0 Å². The molecular weight excluding hydrogens is 340 g/mol. The first-order valence-corrected chi connectivity index (χ1v) is 12.7. The van der Waals surface area contributed by atoms with E-state index < -0.39 is 0 Å². The summed E-state index contributed by atoms with van der Waals surface area (Å²) in [6.45, 7) is 15.0. The number of ketones is 1. The number of carbonyl (C=O) groups excluding carboxylic acids is 1. The summed E-state index contributed by atoms with van der Waals surface area (Å²) in [5.74, 6) is 4.82. The zero-order valence-corrected chi connectivity index (χ0v) is 19.7. The fraction of sp³-hybridized carbons (Fsp3) is 0.963. The molecule has 4 rings (SSSR count). The molecule has 0 radical (unpaired) electrons. The van der Waals surface area contributed by atoms with Gasteiger partial charge < -0.3 is 0 Å². The van der Waals surface area contributed by atoms with Gasteiger partial charge in [-0.2, -0.15) is 0 Å². The lowest BCUT2D eigenvalue weighted by Gasteiger charge is -2.66. The molecule has 0 aromatic carbocycles. The number of hydrogen-bond donors (Lipinski definition) is 0. The molecule has 1 heteroatoms. The van der Waals surface area contributed by atoms with Gasteiger partial charge in [0.2, 0.25) is 0 Å². The Hall–Kier alpha value is -0.330. The fourth-order valence-corrected chi connectivity index (χ4v) is 9.50. The van der Waals surface area contributed by atoms with E-state index in [2.05, 4.69) is 41.5 Å². The molecule has 4 fully saturated rings. The molecule has 0 aromatic rings. The molecule has 0 N–H and O–H groups in total. The molecule has 0 spiro atoms.